The molecule has 2 N–H and O–H groups in total. The van der Waals surface area contributed by atoms with Gasteiger partial charge in [0.25, 0.3) is 5.91 Å². The lowest BCUT2D eigenvalue weighted by Crippen LogP contribution is -2.48. The molecule has 0 saturated heterocycles. The Kier molecular flexibility index (Phi) is 4.61. The number of hydrogen-bond donors (Lipinski definition) is 2. The molecule has 4 fully saturated rings. The zero-order valence-corrected chi connectivity index (χ0v) is 16.9. The van der Waals surface area contributed by atoms with Gasteiger partial charge in [0.1, 0.15) is 0 Å². The van der Waals surface area contributed by atoms with Gasteiger partial charge in [-0.05, 0) is 80.4 Å². The first kappa shape index (κ1) is 18.3. The van der Waals surface area contributed by atoms with Crippen molar-refractivity contribution in [1.82, 2.24) is 15.6 Å². The van der Waals surface area contributed by atoms with Crippen LogP contribution >= 0.6 is 0 Å². The fraction of sp³-hybridized carbons (Fsp3) is 0.458. The number of allylic oxidation sites excluding steroid dienone is 1. The van der Waals surface area contributed by atoms with Crippen LogP contribution in [-0.2, 0) is 5.41 Å². The smallest absolute Gasteiger partial charge is 0.281 e. The third kappa shape index (κ3) is 3.66. The van der Waals surface area contributed by atoms with E-state index in [1.165, 1.54) is 38.5 Å². The fourth-order valence-corrected chi connectivity index (χ4v) is 6.25. The molecule has 6 rings (SSSR count). The number of aromatic amines is 1. The van der Waals surface area contributed by atoms with Gasteiger partial charge in [0.05, 0.1) is 6.21 Å². The molecule has 0 spiro atoms. The van der Waals surface area contributed by atoms with E-state index < -0.39 is 0 Å². The van der Waals surface area contributed by atoms with Crippen molar-refractivity contribution in [3.8, 4) is 0 Å². The molecule has 150 valence electrons. The van der Waals surface area contributed by atoms with E-state index in [1.807, 2.05) is 49.4 Å². The molecule has 0 radical (unpaired) electrons. The quantitative estimate of drug-likeness (QED) is 0.576. The van der Waals surface area contributed by atoms with E-state index >= 15 is 0 Å². The van der Waals surface area contributed by atoms with Gasteiger partial charge in [-0.25, -0.2) is 5.43 Å². The van der Waals surface area contributed by atoms with Crippen LogP contribution in [-0.4, -0.2) is 22.3 Å². The number of hydrazone groups is 1. The topological polar surface area (TPSA) is 70.1 Å². The molecule has 4 aliphatic rings. The molecule has 29 heavy (non-hydrogen) atoms. The lowest BCUT2D eigenvalue weighted by molar-refractivity contribution is -0.00721. The first-order valence-electron chi connectivity index (χ1n) is 10.7. The van der Waals surface area contributed by atoms with Gasteiger partial charge in [0.15, 0.2) is 5.69 Å². The van der Waals surface area contributed by atoms with E-state index in [9.17, 15) is 4.79 Å². The largest absolute Gasteiger partial charge is 0.291 e. The number of carbonyl (C=O) groups excluding carboxylic acids is 1. The van der Waals surface area contributed by atoms with Crippen molar-refractivity contribution in [2.45, 2.75) is 50.9 Å². The molecule has 4 aliphatic carbocycles. The average Bonchev–Trinajstić information content (AvgIpc) is 3.19. The Morgan fingerprint density at radius 3 is 2.45 bits per heavy atom. The Morgan fingerprint density at radius 2 is 1.79 bits per heavy atom. The van der Waals surface area contributed by atoms with Crippen LogP contribution < -0.4 is 5.43 Å². The maximum atomic E-state index is 12.5. The summed E-state index contributed by atoms with van der Waals surface area (Å²) in [6.45, 7) is 1.96. The molecule has 1 aromatic heterocycles. The summed E-state index contributed by atoms with van der Waals surface area (Å²) >= 11 is 0. The van der Waals surface area contributed by atoms with Crippen LogP contribution in [0.25, 0.3) is 6.08 Å². The minimum atomic E-state index is -0.263. The second-order valence-electron chi connectivity index (χ2n) is 9.36. The van der Waals surface area contributed by atoms with Crippen LogP contribution in [0.15, 0.2) is 47.1 Å². The molecule has 5 heteroatoms. The van der Waals surface area contributed by atoms with Gasteiger partial charge in [-0.1, -0.05) is 36.4 Å². The Labute approximate surface area is 171 Å². The summed E-state index contributed by atoms with van der Waals surface area (Å²) in [5.41, 5.74) is 6.49. The van der Waals surface area contributed by atoms with Gasteiger partial charge in [-0.15, -0.1) is 0 Å². The van der Waals surface area contributed by atoms with Crippen LogP contribution in [0.2, 0.25) is 0 Å². The number of benzene rings is 1. The van der Waals surface area contributed by atoms with Gasteiger partial charge < -0.3 is 0 Å². The molecule has 4 bridgehead atoms. The zero-order valence-electron chi connectivity index (χ0n) is 16.9. The Bertz CT molecular complexity index is 921. The summed E-state index contributed by atoms with van der Waals surface area (Å²) in [7, 11) is 0. The average molecular weight is 389 g/mol. The van der Waals surface area contributed by atoms with Crippen molar-refractivity contribution in [2.75, 3.05) is 0 Å². The zero-order chi connectivity index (χ0) is 19.8. The van der Waals surface area contributed by atoms with Crippen LogP contribution in [0, 0.1) is 17.8 Å². The van der Waals surface area contributed by atoms with Crippen molar-refractivity contribution in [3.63, 3.8) is 0 Å². The van der Waals surface area contributed by atoms with Gasteiger partial charge in [0.2, 0.25) is 0 Å². The number of nitrogens with one attached hydrogen (secondary N) is 2. The number of amides is 1. The van der Waals surface area contributed by atoms with Crippen LogP contribution in [0.3, 0.4) is 0 Å². The van der Waals surface area contributed by atoms with Gasteiger partial charge in [-0.3, -0.25) is 9.89 Å². The predicted octanol–water partition coefficient (Wildman–Crippen LogP) is 4.70. The Hall–Kier alpha value is -2.69. The first-order chi connectivity index (χ1) is 14.1. The SMILES string of the molecule is CC(/C=N/NC(=O)c1cc(C23CC4CC(CC(C4)C2)C3)[nH]n1)=C\c1ccccc1. The monoisotopic (exact) mass is 388 g/mol. The van der Waals surface area contributed by atoms with Crippen LogP contribution in [0.1, 0.15) is 67.2 Å². The lowest BCUT2D eigenvalue weighted by Gasteiger charge is -2.56. The van der Waals surface area contributed by atoms with Crippen molar-refractivity contribution in [3.05, 3.63) is 58.9 Å². The van der Waals surface area contributed by atoms with E-state index in [2.05, 4.69) is 20.7 Å². The molecule has 0 unspecified atom stereocenters. The summed E-state index contributed by atoms with van der Waals surface area (Å²) in [4.78, 5) is 12.5. The Balaban J connectivity index is 1.24. The third-order valence-corrected chi connectivity index (χ3v) is 7.05. The van der Waals surface area contributed by atoms with Gasteiger partial charge in [-0.2, -0.15) is 10.2 Å². The highest BCUT2D eigenvalue weighted by Gasteiger charge is 2.52. The second kappa shape index (κ2) is 7.29. The van der Waals surface area contributed by atoms with Crippen molar-refractivity contribution < 1.29 is 4.79 Å². The predicted molar refractivity (Wildman–Crippen MR) is 114 cm³/mol. The maximum Gasteiger partial charge on any atom is 0.291 e. The van der Waals surface area contributed by atoms with Gasteiger partial charge >= 0.3 is 0 Å². The standard InChI is InChI=1S/C24H28N4O/c1-16(7-17-5-3-2-4-6-17)15-25-28-23(29)21-11-22(27-26-21)24-12-18-8-19(13-24)10-20(9-18)14-24/h2-7,11,15,18-20H,8-10,12-14H2,1H3,(H,26,27)(H,28,29)/b16-7+,25-15+. The van der Waals surface area contributed by atoms with E-state index in [0.29, 0.717) is 5.69 Å². The fourth-order valence-electron chi connectivity index (χ4n) is 6.25. The molecule has 1 amide bonds. The summed E-state index contributed by atoms with van der Waals surface area (Å²) in [6.07, 6.45) is 11.7. The van der Waals surface area contributed by atoms with Crippen molar-refractivity contribution in [2.24, 2.45) is 22.9 Å². The molecular formula is C24H28N4O. The molecule has 4 saturated carbocycles. The highest BCUT2D eigenvalue weighted by atomic mass is 16.2. The van der Waals surface area contributed by atoms with E-state index in [0.717, 1.165) is 34.6 Å². The lowest BCUT2D eigenvalue weighted by atomic mass is 9.49. The normalized spacial score (nSPS) is 30.8. The summed E-state index contributed by atoms with van der Waals surface area (Å²) in [6, 6.07) is 12.0. The number of aromatic nitrogens is 2. The molecule has 0 atom stereocenters. The Morgan fingerprint density at radius 1 is 1.14 bits per heavy atom. The number of rotatable bonds is 5. The van der Waals surface area contributed by atoms with Crippen molar-refractivity contribution >= 4 is 18.2 Å². The highest BCUT2D eigenvalue weighted by molar-refractivity contribution is 5.93. The molecular weight excluding hydrogens is 360 g/mol. The second-order valence-corrected chi connectivity index (χ2v) is 9.36. The molecule has 5 nitrogen and oxygen atoms in total. The van der Waals surface area contributed by atoms with E-state index in [-0.39, 0.29) is 11.3 Å². The number of nitrogens with zero attached hydrogens (tertiary/aromatic N) is 2. The molecule has 1 heterocycles. The molecule has 1 aromatic carbocycles. The van der Waals surface area contributed by atoms with Crippen LogP contribution in [0.5, 0.6) is 0 Å². The van der Waals surface area contributed by atoms with Crippen molar-refractivity contribution in [1.29, 1.82) is 0 Å². The molecule has 0 aliphatic heterocycles. The van der Waals surface area contributed by atoms with Crippen LogP contribution in [0.4, 0.5) is 0 Å². The van der Waals surface area contributed by atoms with Gasteiger partial charge in [0, 0.05) is 11.1 Å². The van der Waals surface area contributed by atoms with E-state index in [1.54, 1.807) is 6.21 Å². The molecule has 2 aromatic rings. The number of hydrogen-bond acceptors (Lipinski definition) is 3. The van der Waals surface area contributed by atoms with E-state index in [4.69, 9.17) is 0 Å². The number of carbonyl (C=O) groups is 1. The summed E-state index contributed by atoms with van der Waals surface area (Å²) < 4.78 is 0. The highest BCUT2D eigenvalue weighted by Crippen LogP contribution is 2.60. The number of H-pyrrole nitrogens is 1. The third-order valence-electron chi connectivity index (χ3n) is 7.05. The first-order valence-corrected chi connectivity index (χ1v) is 10.7. The summed E-state index contributed by atoms with van der Waals surface area (Å²) in [5, 5.41) is 11.6. The minimum absolute atomic E-state index is 0.221. The maximum absolute atomic E-state index is 12.5. The minimum Gasteiger partial charge on any atom is -0.281 e. The summed E-state index contributed by atoms with van der Waals surface area (Å²) in [5.74, 6) is 2.34.